The van der Waals surface area contributed by atoms with Gasteiger partial charge < -0.3 is 10.6 Å². The van der Waals surface area contributed by atoms with E-state index in [0.717, 1.165) is 62.8 Å². The second-order valence-electron chi connectivity index (χ2n) is 12.1. The highest BCUT2D eigenvalue weighted by Crippen LogP contribution is 2.31. The molecule has 210 valence electrons. The third-order valence-electron chi connectivity index (χ3n) is 6.27. The molecule has 0 aliphatic heterocycles. The summed E-state index contributed by atoms with van der Waals surface area (Å²) in [6.07, 6.45) is 13.9. The van der Waals surface area contributed by atoms with Crippen LogP contribution in [-0.2, 0) is 22.4 Å². The van der Waals surface area contributed by atoms with Gasteiger partial charge in [0.1, 0.15) is 11.4 Å². The largest absolute Gasteiger partial charge is 0.308 e. The zero-order valence-corrected chi connectivity index (χ0v) is 24.8. The van der Waals surface area contributed by atoms with E-state index in [1.165, 1.54) is 12.8 Å². The molecule has 2 aromatic rings. The lowest BCUT2D eigenvalue weighted by Gasteiger charge is -2.21. The van der Waals surface area contributed by atoms with E-state index < -0.39 is 10.8 Å². The Morgan fingerprint density at radius 1 is 0.632 bits per heavy atom. The monoisotopic (exact) mass is 524 g/mol. The minimum atomic E-state index is -0.617. The van der Waals surface area contributed by atoms with Crippen LogP contribution in [0.15, 0.2) is 12.4 Å². The first-order valence-electron chi connectivity index (χ1n) is 14.2. The number of nitrogens with zero attached hydrogens (tertiary/aromatic N) is 4. The Kier molecular flexibility index (Phi) is 11.8. The van der Waals surface area contributed by atoms with Gasteiger partial charge >= 0.3 is 0 Å². The molecule has 0 aromatic carbocycles. The van der Waals surface area contributed by atoms with Gasteiger partial charge in [0, 0.05) is 10.8 Å². The van der Waals surface area contributed by atoms with Crippen molar-refractivity contribution < 1.29 is 9.59 Å². The Bertz CT molecular complexity index is 984. The van der Waals surface area contributed by atoms with Crippen LogP contribution in [0.4, 0.5) is 11.6 Å². The summed E-state index contributed by atoms with van der Waals surface area (Å²) in [4.78, 5) is 44.9. The molecule has 2 heterocycles. The van der Waals surface area contributed by atoms with Crippen molar-refractivity contribution in [1.82, 2.24) is 19.9 Å². The van der Waals surface area contributed by atoms with Crippen LogP contribution in [0.3, 0.4) is 0 Å². The third kappa shape index (κ3) is 9.76. The summed E-state index contributed by atoms with van der Waals surface area (Å²) in [5.41, 5.74) is 1.29. The highest BCUT2D eigenvalue weighted by molar-refractivity contribution is 5.99. The molecule has 0 radical (unpaired) electrons. The van der Waals surface area contributed by atoms with E-state index >= 15 is 0 Å². The molecule has 2 N–H and O–H groups in total. The predicted octanol–water partition coefficient (Wildman–Crippen LogP) is 7.15. The number of unbranched alkanes of at least 4 members (excludes halogenated alkanes) is 6. The number of anilines is 2. The maximum absolute atomic E-state index is 12.9. The Hall–Kier alpha value is -2.90. The van der Waals surface area contributed by atoms with Crippen molar-refractivity contribution in [2.45, 2.75) is 120 Å². The maximum Gasteiger partial charge on any atom is 0.230 e. The molecule has 2 amide bonds. The number of nitrogens with one attached hydrogen (secondary N) is 2. The summed E-state index contributed by atoms with van der Waals surface area (Å²) in [6.45, 7) is 15.5. The molecule has 0 saturated heterocycles. The molecule has 2 aromatic heterocycles. The molecule has 0 saturated carbocycles. The summed E-state index contributed by atoms with van der Waals surface area (Å²) in [7, 11) is 0. The summed E-state index contributed by atoms with van der Waals surface area (Å²) in [5.74, 6) is 0.303. The molecule has 0 atom stereocenters. The van der Waals surface area contributed by atoms with E-state index in [4.69, 9.17) is 9.97 Å². The smallest absolute Gasteiger partial charge is 0.230 e. The zero-order chi connectivity index (χ0) is 28.3. The van der Waals surface area contributed by atoms with E-state index in [2.05, 4.69) is 34.4 Å². The molecular formula is C30H48N6O2. The van der Waals surface area contributed by atoms with Gasteiger partial charge in [0.2, 0.25) is 11.8 Å². The minimum Gasteiger partial charge on any atom is -0.308 e. The average molecular weight is 525 g/mol. The van der Waals surface area contributed by atoms with Crippen LogP contribution < -0.4 is 10.6 Å². The molecule has 8 heteroatoms. The summed E-state index contributed by atoms with van der Waals surface area (Å²) in [5, 5.41) is 5.90. The Morgan fingerprint density at radius 2 is 1.00 bits per heavy atom. The van der Waals surface area contributed by atoms with Gasteiger partial charge in [-0.25, -0.2) is 19.9 Å². The van der Waals surface area contributed by atoms with Crippen LogP contribution in [0.1, 0.15) is 118 Å². The van der Waals surface area contributed by atoms with E-state index in [0.29, 0.717) is 23.0 Å². The second-order valence-corrected chi connectivity index (χ2v) is 12.1. The highest BCUT2D eigenvalue weighted by atomic mass is 16.2. The van der Waals surface area contributed by atoms with E-state index in [-0.39, 0.29) is 11.8 Å². The van der Waals surface area contributed by atoms with Crippen molar-refractivity contribution in [2.75, 3.05) is 10.6 Å². The quantitative estimate of drug-likeness (QED) is 0.269. The number of carbonyl (C=O) groups excluding carboxylic acids is 2. The minimum absolute atomic E-state index is 0.173. The van der Waals surface area contributed by atoms with Gasteiger partial charge in [0.15, 0.2) is 11.6 Å². The van der Waals surface area contributed by atoms with Crippen molar-refractivity contribution in [3.05, 3.63) is 23.8 Å². The fourth-order valence-corrected chi connectivity index (χ4v) is 3.66. The number of carbonyl (C=O) groups is 2. The van der Waals surface area contributed by atoms with Crippen molar-refractivity contribution in [1.29, 1.82) is 0 Å². The van der Waals surface area contributed by atoms with Crippen LogP contribution >= 0.6 is 0 Å². The van der Waals surface area contributed by atoms with Gasteiger partial charge in [-0.1, -0.05) is 93.9 Å². The van der Waals surface area contributed by atoms with Crippen LogP contribution in [0, 0.1) is 10.8 Å². The number of hydrogen-bond donors (Lipinski definition) is 2. The molecule has 2 rings (SSSR count). The van der Waals surface area contributed by atoms with Crippen LogP contribution in [0.2, 0.25) is 0 Å². The highest BCUT2D eigenvalue weighted by Gasteiger charge is 2.27. The molecule has 38 heavy (non-hydrogen) atoms. The van der Waals surface area contributed by atoms with Crippen LogP contribution in [-0.4, -0.2) is 31.8 Å². The molecule has 8 nitrogen and oxygen atoms in total. The molecule has 0 aliphatic rings. The number of aromatic nitrogens is 4. The van der Waals surface area contributed by atoms with Crippen LogP contribution in [0.5, 0.6) is 0 Å². The lowest BCUT2D eigenvalue weighted by Crippen LogP contribution is -2.29. The van der Waals surface area contributed by atoms with Crippen molar-refractivity contribution >= 4 is 23.5 Å². The average Bonchev–Trinajstić information content (AvgIpc) is 2.84. The first-order valence-corrected chi connectivity index (χ1v) is 14.2. The molecule has 0 fully saturated rings. The molecule has 0 spiro atoms. The summed E-state index contributed by atoms with van der Waals surface area (Å²) < 4.78 is 0. The van der Waals surface area contributed by atoms with Gasteiger partial charge in [-0.15, -0.1) is 0 Å². The molecule has 0 bridgehead atoms. The Morgan fingerprint density at radius 3 is 1.32 bits per heavy atom. The SMILES string of the molecule is CCCCCCc1cnc(NC(=O)C(C)(C)C)c(-c2nc(CCCCCC)cnc2NC(=O)C(C)(C)C)n1. The summed E-state index contributed by atoms with van der Waals surface area (Å²) in [6, 6.07) is 0. The molecule has 0 aliphatic carbocycles. The number of hydrogen-bond acceptors (Lipinski definition) is 6. The fraction of sp³-hybridized carbons (Fsp3) is 0.667. The van der Waals surface area contributed by atoms with Crippen molar-refractivity contribution in [3.63, 3.8) is 0 Å². The lowest BCUT2D eigenvalue weighted by atomic mass is 9.95. The Labute approximate surface area is 229 Å². The summed E-state index contributed by atoms with van der Waals surface area (Å²) >= 11 is 0. The van der Waals surface area contributed by atoms with Gasteiger partial charge in [0.05, 0.1) is 23.8 Å². The number of amides is 2. The normalized spacial score (nSPS) is 11.9. The second kappa shape index (κ2) is 14.3. The van der Waals surface area contributed by atoms with Gasteiger partial charge in [-0.3, -0.25) is 9.59 Å². The maximum atomic E-state index is 12.9. The van der Waals surface area contributed by atoms with Gasteiger partial charge in [-0.05, 0) is 25.7 Å². The van der Waals surface area contributed by atoms with E-state index in [1.54, 1.807) is 12.4 Å². The first-order chi connectivity index (χ1) is 17.9. The van der Waals surface area contributed by atoms with Gasteiger partial charge in [0.25, 0.3) is 0 Å². The number of rotatable bonds is 13. The number of aryl methyl sites for hydroxylation is 2. The third-order valence-corrected chi connectivity index (χ3v) is 6.27. The van der Waals surface area contributed by atoms with E-state index in [1.807, 2.05) is 41.5 Å². The Balaban J connectivity index is 2.58. The van der Waals surface area contributed by atoms with E-state index in [9.17, 15) is 9.59 Å². The molecule has 0 unspecified atom stereocenters. The zero-order valence-electron chi connectivity index (χ0n) is 24.8. The first kappa shape index (κ1) is 31.3. The van der Waals surface area contributed by atoms with Crippen LogP contribution in [0.25, 0.3) is 11.4 Å². The van der Waals surface area contributed by atoms with Crippen molar-refractivity contribution in [3.8, 4) is 11.4 Å². The topological polar surface area (TPSA) is 110 Å². The molecular weight excluding hydrogens is 476 g/mol. The predicted molar refractivity (Wildman–Crippen MR) is 155 cm³/mol. The van der Waals surface area contributed by atoms with Crippen molar-refractivity contribution in [2.24, 2.45) is 10.8 Å². The standard InChI is InChI=1S/C30H48N6O2/c1-9-11-13-15-17-21-19-31-25(35-27(37)29(3,4)5)23(33-21)24-26(36-28(38)30(6,7)8)32-20-22(34-24)18-16-14-12-10-2/h19-20H,9-18H2,1-8H3,(H,31,35,37)(H,32,36,38). The van der Waals surface area contributed by atoms with Gasteiger partial charge in [-0.2, -0.15) is 0 Å². The lowest BCUT2D eigenvalue weighted by molar-refractivity contribution is -0.123. The fourth-order valence-electron chi connectivity index (χ4n) is 3.66.